The van der Waals surface area contributed by atoms with E-state index in [4.69, 9.17) is 0 Å². The summed E-state index contributed by atoms with van der Waals surface area (Å²) in [5.41, 5.74) is -0.674. The Bertz CT molecular complexity index is 282. The molecular weight excluding hydrogens is 248 g/mol. The van der Waals surface area contributed by atoms with Crippen molar-refractivity contribution >= 4 is 27.3 Å². The third-order valence-corrected chi connectivity index (χ3v) is 4.51. The minimum Gasteiger partial charge on any atom is -0.384 e. The molecule has 1 aromatic rings. The quantitative estimate of drug-likeness (QED) is 0.880. The standard InChI is InChI=1S/C10H15BrOS/c1-4-10(12,7(2)3)9-8(11)5-6-13-9/h5-7,12H,4H2,1-3H3. The molecule has 0 bridgehead atoms. The third kappa shape index (κ3) is 1.97. The lowest BCUT2D eigenvalue weighted by atomic mass is 9.86. The molecule has 0 aromatic carbocycles. The Morgan fingerprint density at radius 1 is 1.62 bits per heavy atom. The molecule has 1 unspecified atom stereocenters. The third-order valence-electron chi connectivity index (χ3n) is 2.50. The lowest BCUT2D eigenvalue weighted by Gasteiger charge is -2.30. The number of hydrogen-bond donors (Lipinski definition) is 1. The normalized spacial score (nSPS) is 16.2. The zero-order chi connectivity index (χ0) is 10.1. The second-order valence-corrected chi connectivity index (χ2v) is 5.30. The van der Waals surface area contributed by atoms with Crippen molar-refractivity contribution in [2.24, 2.45) is 5.92 Å². The van der Waals surface area contributed by atoms with Crippen LogP contribution in [0.2, 0.25) is 0 Å². The van der Waals surface area contributed by atoms with Crippen LogP contribution < -0.4 is 0 Å². The first-order chi connectivity index (χ1) is 6.02. The van der Waals surface area contributed by atoms with E-state index in [1.54, 1.807) is 11.3 Å². The highest BCUT2D eigenvalue weighted by Crippen LogP contribution is 2.40. The lowest BCUT2D eigenvalue weighted by molar-refractivity contribution is -0.0111. The van der Waals surface area contributed by atoms with E-state index in [1.165, 1.54) is 0 Å². The second-order valence-electron chi connectivity index (χ2n) is 3.53. The first-order valence-corrected chi connectivity index (χ1v) is 6.15. The average molecular weight is 263 g/mol. The Balaban J connectivity index is 3.10. The number of halogens is 1. The topological polar surface area (TPSA) is 20.2 Å². The lowest BCUT2D eigenvalue weighted by Crippen LogP contribution is -2.30. The summed E-state index contributed by atoms with van der Waals surface area (Å²) in [5.74, 6) is 0.243. The first kappa shape index (κ1) is 11.2. The van der Waals surface area contributed by atoms with Crippen LogP contribution in [0.15, 0.2) is 15.9 Å². The summed E-state index contributed by atoms with van der Waals surface area (Å²) >= 11 is 5.07. The molecule has 1 atom stereocenters. The Morgan fingerprint density at radius 3 is 2.54 bits per heavy atom. The van der Waals surface area contributed by atoms with Gasteiger partial charge in [-0.1, -0.05) is 20.8 Å². The maximum Gasteiger partial charge on any atom is 0.102 e. The van der Waals surface area contributed by atoms with E-state index in [0.717, 1.165) is 15.8 Å². The minimum atomic E-state index is -0.674. The highest BCUT2D eigenvalue weighted by molar-refractivity contribution is 9.10. The molecule has 0 amide bonds. The fourth-order valence-electron chi connectivity index (χ4n) is 1.43. The van der Waals surface area contributed by atoms with Gasteiger partial charge in [0.2, 0.25) is 0 Å². The smallest absolute Gasteiger partial charge is 0.102 e. The molecule has 1 nitrogen and oxygen atoms in total. The maximum atomic E-state index is 10.4. The van der Waals surface area contributed by atoms with Gasteiger partial charge in [-0.05, 0) is 39.7 Å². The minimum absolute atomic E-state index is 0.243. The molecule has 1 aromatic heterocycles. The van der Waals surface area contributed by atoms with E-state index in [9.17, 15) is 5.11 Å². The van der Waals surface area contributed by atoms with Crippen molar-refractivity contribution < 1.29 is 5.11 Å². The van der Waals surface area contributed by atoms with Crippen molar-refractivity contribution in [3.05, 3.63) is 20.8 Å². The van der Waals surface area contributed by atoms with Crippen LogP contribution in [0.25, 0.3) is 0 Å². The van der Waals surface area contributed by atoms with Gasteiger partial charge in [0.25, 0.3) is 0 Å². The average Bonchev–Trinajstić information content (AvgIpc) is 2.50. The highest BCUT2D eigenvalue weighted by atomic mass is 79.9. The van der Waals surface area contributed by atoms with E-state index in [-0.39, 0.29) is 5.92 Å². The molecule has 13 heavy (non-hydrogen) atoms. The fraction of sp³-hybridized carbons (Fsp3) is 0.600. The number of aliphatic hydroxyl groups is 1. The van der Waals surface area contributed by atoms with Crippen LogP contribution in [-0.2, 0) is 5.60 Å². The Morgan fingerprint density at radius 2 is 2.23 bits per heavy atom. The predicted octanol–water partition coefficient (Wildman–Crippen LogP) is 3.76. The first-order valence-electron chi connectivity index (χ1n) is 4.48. The van der Waals surface area contributed by atoms with Gasteiger partial charge >= 0.3 is 0 Å². The van der Waals surface area contributed by atoms with Crippen molar-refractivity contribution in [2.75, 3.05) is 0 Å². The molecule has 3 heteroatoms. The van der Waals surface area contributed by atoms with E-state index >= 15 is 0 Å². The number of thiophene rings is 1. The summed E-state index contributed by atoms with van der Waals surface area (Å²) in [7, 11) is 0. The Hall–Kier alpha value is 0.140. The molecule has 1 N–H and O–H groups in total. The van der Waals surface area contributed by atoms with E-state index in [1.807, 2.05) is 18.4 Å². The molecule has 0 aliphatic heterocycles. The van der Waals surface area contributed by atoms with Gasteiger partial charge in [0.1, 0.15) is 5.60 Å². The maximum absolute atomic E-state index is 10.4. The van der Waals surface area contributed by atoms with Crippen molar-refractivity contribution in [3.8, 4) is 0 Å². The molecular formula is C10H15BrOS. The van der Waals surface area contributed by atoms with Crippen LogP contribution in [0.3, 0.4) is 0 Å². The summed E-state index contributed by atoms with van der Waals surface area (Å²) in [6.45, 7) is 6.12. The van der Waals surface area contributed by atoms with Crippen molar-refractivity contribution in [1.29, 1.82) is 0 Å². The second kappa shape index (κ2) is 4.11. The number of rotatable bonds is 3. The van der Waals surface area contributed by atoms with Gasteiger partial charge < -0.3 is 5.11 Å². The van der Waals surface area contributed by atoms with Gasteiger partial charge in [0, 0.05) is 4.47 Å². The molecule has 1 rings (SSSR count). The van der Waals surface area contributed by atoms with Gasteiger partial charge in [-0.15, -0.1) is 11.3 Å². The monoisotopic (exact) mass is 262 g/mol. The van der Waals surface area contributed by atoms with Gasteiger partial charge in [-0.3, -0.25) is 0 Å². The molecule has 0 radical (unpaired) electrons. The predicted molar refractivity (Wildman–Crippen MR) is 61.0 cm³/mol. The molecule has 0 aliphatic carbocycles. The van der Waals surface area contributed by atoms with Gasteiger partial charge in [0.15, 0.2) is 0 Å². The molecule has 0 saturated carbocycles. The van der Waals surface area contributed by atoms with Gasteiger partial charge in [-0.2, -0.15) is 0 Å². The summed E-state index contributed by atoms with van der Waals surface area (Å²) < 4.78 is 1.02. The zero-order valence-electron chi connectivity index (χ0n) is 8.17. The van der Waals surface area contributed by atoms with Gasteiger partial charge in [0.05, 0.1) is 4.88 Å². The summed E-state index contributed by atoms with van der Waals surface area (Å²) in [4.78, 5) is 1.05. The SMILES string of the molecule is CCC(O)(c1sccc1Br)C(C)C. The van der Waals surface area contributed by atoms with Crippen LogP contribution >= 0.6 is 27.3 Å². The van der Waals surface area contributed by atoms with E-state index in [2.05, 4.69) is 29.8 Å². The van der Waals surface area contributed by atoms with Crippen LogP contribution in [-0.4, -0.2) is 5.11 Å². The zero-order valence-corrected chi connectivity index (χ0v) is 10.6. The molecule has 1 heterocycles. The van der Waals surface area contributed by atoms with Crippen LogP contribution in [0, 0.1) is 5.92 Å². The van der Waals surface area contributed by atoms with Crippen molar-refractivity contribution in [3.63, 3.8) is 0 Å². The van der Waals surface area contributed by atoms with E-state index in [0.29, 0.717) is 0 Å². The molecule has 0 aliphatic rings. The van der Waals surface area contributed by atoms with Gasteiger partial charge in [-0.25, -0.2) is 0 Å². The Labute approximate surface area is 91.9 Å². The van der Waals surface area contributed by atoms with Crippen molar-refractivity contribution in [2.45, 2.75) is 32.8 Å². The number of hydrogen-bond acceptors (Lipinski definition) is 2. The van der Waals surface area contributed by atoms with Crippen LogP contribution in [0.4, 0.5) is 0 Å². The molecule has 0 saturated heterocycles. The molecule has 0 fully saturated rings. The molecule has 0 spiro atoms. The van der Waals surface area contributed by atoms with Crippen LogP contribution in [0.1, 0.15) is 32.1 Å². The summed E-state index contributed by atoms with van der Waals surface area (Å²) in [6.07, 6.45) is 0.754. The van der Waals surface area contributed by atoms with Crippen LogP contribution in [0.5, 0.6) is 0 Å². The van der Waals surface area contributed by atoms with Crippen molar-refractivity contribution in [1.82, 2.24) is 0 Å². The van der Waals surface area contributed by atoms with E-state index < -0.39 is 5.60 Å². The highest BCUT2D eigenvalue weighted by Gasteiger charge is 2.33. The Kier molecular flexibility index (Phi) is 3.55. The summed E-state index contributed by atoms with van der Waals surface area (Å²) in [6, 6.07) is 1.99. The molecule has 74 valence electrons. The largest absolute Gasteiger partial charge is 0.384 e. The fourth-order valence-corrected chi connectivity index (χ4v) is 3.47. The summed E-state index contributed by atoms with van der Waals surface area (Å²) in [5, 5.41) is 12.4.